The van der Waals surface area contributed by atoms with Crippen LogP contribution in [0.25, 0.3) is 0 Å². The van der Waals surface area contributed by atoms with E-state index < -0.39 is 0 Å². The number of halogens is 1. The molecular formula is C11H16FNO2. The average molecular weight is 213 g/mol. The molecule has 0 aliphatic carbocycles. The van der Waals surface area contributed by atoms with Crippen LogP contribution in [0.1, 0.15) is 18.4 Å². The van der Waals surface area contributed by atoms with Gasteiger partial charge in [0.25, 0.3) is 0 Å². The molecule has 1 unspecified atom stereocenters. The van der Waals surface area contributed by atoms with Gasteiger partial charge in [0, 0.05) is 23.6 Å². The van der Waals surface area contributed by atoms with Gasteiger partial charge >= 0.3 is 0 Å². The zero-order valence-corrected chi connectivity index (χ0v) is 9.21. The van der Waals surface area contributed by atoms with E-state index in [0.717, 1.165) is 5.56 Å². The van der Waals surface area contributed by atoms with Crippen molar-refractivity contribution in [3.05, 3.63) is 23.5 Å². The lowest BCUT2D eigenvalue weighted by molar-refractivity contribution is 0.375. The van der Waals surface area contributed by atoms with Crippen molar-refractivity contribution in [2.45, 2.75) is 12.8 Å². The van der Waals surface area contributed by atoms with Crippen LogP contribution >= 0.6 is 0 Å². The molecule has 0 bridgehead atoms. The molecule has 0 spiro atoms. The molecule has 0 radical (unpaired) electrons. The van der Waals surface area contributed by atoms with Crippen LogP contribution < -0.4 is 15.2 Å². The topological polar surface area (TPSA) is 44.5 Å². The van der Waals surface area contributed by atoms with Crippen LogP contribution in [0.3, 0.4) is 0 Å². The third-order valence-corrected chi connectivity index (χ3v) is 2.36. The van der Waals surface area contributed by atoms with Crippen molar-refractivity contribution >= 4 is 0 Å². The van der Waals surface area contributed by atoms with E-state index in [4.69, 9.17) is 15.2 Å². The molecule has 84 valence electrons. The fourth-order valence-electron chi connectivity index (χ4n) is 1.51. The molecule has 0 aliphatic heterocycles. The molecule has 1 aromatic carbocycles. The van der Waals surface area contributed by atoms with E-state index in [9.17, 15) is 4.39 Å². The summed E-state index contributed by atoms with van der Waals surface area (Å²) in [6, 6.07) is 2.67. The van der Waals surface area contributed by atoms with E-state index in [2.05, 4.69) is 0 Å². The van der Waals surface area contributed by atoms with E-state index >= 15 is 0 Å². The minimum Gasteiger partial charge on any atom is -0.496 e. The normalized spacial score (nSPS) is 12.3. The van der Waals surface area contributed by atoms with Gasteiger partial charge in [0.1, 0.15) is 17.3 Å². The van der Waals surface area contributed by atoms with E-state index in [1.165, 1.54) is 26.4 Å². The molecule has 1 aromatic rings. The summed E-state index contributed by atoms with van der Waals surface area (Å²) in [5.41, 5.74) is 6.39. The minimum absolute atomic E-state index is 0.0653. The second-order valence-corrected chi connectivity index (χ2v) is 3.36. The molecule has 2 N–H and O–H groups in total. The Kier molecular flexibility index (Phi) is 3.91. The Bertz CT molecular complexity index is 316. The predicted octanol–water partition coefficient (Wildman–Crippen LogP) is 1.91. The van der Waals surface area contributed by atoms with Crippen LogP contribution in [0, 0.1) is 5.82 Å². The molecule has 0 fully saturated rings. The summed E-state index contributed by atoms with van der Waals surface area (Å²) in [5.74, 6) is 0.641. The number of methoxy groups -OCH3 is 2. The predicted molar refractivity (Wildman–Crippen MR) is 57.0 cm³/mol. The van der Waals surface area contributed by atoms with Gasteiger partial charge in [-0.3, -0.25) is 0 Å². The fourth-order valence-corrected chi connectivity index (χ4v) is 1.51. The Hall–Kier alpha value is -1.29. The SMILES string of the molecule is COc1cc(F)cc(OC)c1C(C)CN. The lowest BCUT2D eigenvalue weighted by Crippen LogP contribution is -2.11. The molecule has 0 amide bonds. The van der Waals surface area contributed by atoms with Crippen molar-refractivity contribution in [3.63, 3.8) is 0 Å². The molecule has 1 atom stereocenters. The first-order valence-corrected chi connectivity index (χ1v) is 4.75. The second-order valence-electron chi connectivity index (χ2n) is 3.36. The zero-order valence-electron chi connectivity index (χ0n) is 9.21. The maximum Gasteiger partial charge on any atom is 0.130 e. The first kappa shape index (κ1) is 11.8. The summed E-state index contributed by atoms with van der Waals surface area (Å²) in [5, 5.41) is 0. The van der Waals surface area contributed by atoms with Crippen LogP contribution in [-0.2, 0) is 0 Å². The highest BCUT2D eigenvalue weighted by Crippen LogP contribution is 2.35. The van der Waals surface area contributed by atoms with Gasteiger partial charge in [-0.2, -0.15) is 0 Å². The van der Waals surface area contributed by atoms with Crippen LogP contribution in [0.15, 0.2) is 12.1 Å². The highest BCUT2D eigenvalue weighted by atomic mass is 19.1. The van der Waals surface area contributed by atoms with Gasteiger partial charge in [0.15, 0.2) is 0 Å². The summed E-state index contributed by atoms with van der Waals surface area (Å²) in [6.07, 6.45) is 0. The highest BCUT2D eigenvalue weighted by Gasteiger charge is 2.17. The third-order valence-electron chi connectivity index (χ3n) is 2.36. The number of hydrogen-bond acceptors (Lipinski definition) is 3. The second kappa shape index (κ2) is 4.98. The Labute approximate surface area is 89.0 Å². The Balaban J connectivity index is 3.30. The molecule has 1 rings (SSSR count). The van der Waals surface area contributed by atoms with E-state index in [0.29, 0.717) is 18.0 Å². The molecule has 3 nitrogen and oxygen atoms in total. The van der Waals surface area contributed by atoms with Crippen LogP contribution in [0.2, 0.25) is 0 Å². The Morgan fingerprint density at radius 2 is 1.73 bits per heavy atom. The maximum atomic E-state index is 13.2. The monoisotopic (exact) mass is 213 g/mol. The van der Waals surface area contributed by atoms with E-state index in [1.54, 1.807) is 0 Å². The smallest absolute Gasteiger partial charge is 0.130 e. The Morgan fingerprint density at radius 1 is 1.27 bits per heavy atom. The third kappa shape index (κ3) is 2.39. The van der Waals surface area contributed by atoms with Crippen molar-refractivity contribution in [1.82, 2.24) is 0 Å². The van der Waals surface area contributed by atoms with Crippen LogP contribution in [0.5, 0.6) is 11.5 Å². The molecule has 0 aliphatic rings. The van der Waals surface area contributed by atoms with Crippen molar-refractivity contribution < 1.29 is 13.9 Å². The molecule has 4 heteroatoms. The van der Waals surface area contributed by atoms with Gasteiger partial charge in [-0.15, -0.1) is 0 Å². The zero-order chi connectivity index (χ0) is 11.4. The Morgan fingerprint density at radius 3 is 2.07 bits per heavy atom. The van der Waals surface area contributed by atoms with Crippen molar-refractivity contribution in [3.8, 4) is 11.5 Å². The summed E-state index contributed by atoms with van der Waals surface area (Å²) in [6.45, 7) is 2.40. The first-order chi connectivity index (χ1) is 7.13. The fraction of sp³-hybridized carbons (Fsp3) is 0.455. The number of hydrogen-bond donors (Lipinski definition) is 1. The van der Waals surface area contributed by atoms with Gasteiger partial charge in [-0.25, -0.2) is 4.39 Å². The lowest BCUT2D eigenvalue weighted by atomic mass is 9.99. The van der Waals surface area contributed by atoms with E-state index in [1.807, 2.05) is 6.92 Å². The molecule has 15 heavy (non-hydrogen) atoms. The summed E-state index contributed by atoms with van der Waals surface area (Å²) in [4.78, 5) is 0. The molecule has 0 saturated carbocycles. The number of ether oxygens (including phenoxy) is 2. The summed E-state index contributed by atoms with van der Waals surface area (Å²) < 4.78 is 23.4. The van der Waals surface area contributed by atoms with Gasteiger partial charge in [0.05, 0.1) is 14.2 Å². The largest absolute Gasteiger partial charge is 0.496 e. The minimum atomic E-state index is -0.378. The maximum absolute atomic E-state index is 13.2. The number of rotatable bonds is 4. The van der Waals surface area contributed by atoms with Crippen LogP contribution in [0.4, 0.5) is 4.39 Å². The molecular weight excluding hydrogens is 197 g/mol. The van der Waals surface area contributed by atoms with Gasteiger partial charge < -0.3 is 15.2 Å². The summed E-state index contributed by atoms with van der Waals surface area (Å²) >= 11 is 0. The first-order valence-electron chi connectivity index (χ1n) is 4.75. The lowest BCUT2D eigenvalue weighted by Gasteiger charge is -2.17. The van der Waals surface area contributed by atoms with Gasteiger partial charge in [-0.05, 0) is 6.54 Å². The van der Waals surface area contributed by atoms with Crippen molar-refractivity contribution in [1.29, 1.82) is 0 Å². The van der Waals surface area contributed by atoms with Crippen molar-refractivity contribution in [2.75, 3.05) is 20.8 Å². The standard InChI is InChI=1S/C11H16FNO2/c1-7(6-13)11-9(14-2)4-8(12)5-10(11)15-3/h4-5,7H,6,13H2,1-3H3. The van der Waals surface area contributed by atoms with Gasteiger partial charge in [-0.1, -0.05) is 6.92 Å². The molecule has 0 aromatic heterocycles. The van der Waals surface area contributed by atoms with Gasteiger partial charge in [0.2, 0.25) is 0 Å². The van der Waals surface area contributed by atoms with Crippen molar-refractivity contribution in [2.24, 2.45) is 5.73 Å². The molecule has 0 heterocycles. The number of nitrogens with two attached hydrogens (primary N) is 1. The highest BCUT2D eigenvalue weighted by molar-refractivity contribution is 5.47. The number of benzene rings is 1. The quantitative estimate of drug-likeness (QED) is 0.830. The molecule has 0 saturated heterocycles. The average Bonchev–Trinajstić information content (AvgIpc) is 2.26. The summed E-state index contributed by atoms with van der Waals surface area (Å²) in [7, 11) is 3.00. The van der Waals surface area contributed by atoms with E-state index in [-0.39, 0.29) is 11.7 Å². The van der Waals surface area contributed by atoms with Crippen LogP contribution in [-0.4, -0.2) is 20.8 Å².